The first-order valence-corrected chi connectivity index (χ1v) is 12.2. The van der Waals surface area contributed by atoms with Crippen LogP contribution in [0.25, 0.3) is 0 Å². The molecule has 1 aromatic heterocycles. The summed E-state index contributed by atoms with van der Waals surface area (Å²) in [5.41, 5.74) is 0.783. The third kappa shape index (κ3) is 4.43. The van der Waals surface area contributed by atoms with Gasteiger partial charge in [-0.15, -0.1) is 0 Å². The fourth-order valence-corrected chi connectivity index (χ4v) is 6.45. The Balaban J connectivity index is 1.78. The van der Waals surface area contributed by atoms with Gasteiger partial charge in [-0.3, -0.25) is 4.98 Å². The predicted octanol–water partition coefficient (Wildman–Crippen LogP) is 2.51. The van der Waals surface area contributed by atoms with E-state index < -0.39 is 20.0 Å². The number of aromatic nitrogens is 1. The Morgan fingerprint density at radius 2 is 1.46 bits per heavy atom. The van der Waals surface area contributed by atoms with E-state index in [1.54, 1.807) is 28.8 Å². The number of hydrogen-bond acceptors (Lipinski definition) is 5. The van der Waals surface area contributed by atoms with Crippen LogP contribution in [0.1, 0.15) is 38.7 Å². The highest BCUT2D eigenvalue weighted by Crippen LogP contribution is 2.29. The number of nitrogens with zero attached hydrogens (tertiary/aromatic N) is 2. The summed E-state index contributed by atoms with van der Waals surface area (Å²) < 4.78 is 55.1. The zero-order valence-electron chi connectivity index (χ0n) is 15.9. The fourth-order valence-electron chi connectivity index (χ4n) is 3.55. The van der Waals surface area contributed by atoms with Gasteiger partial charge in [-0.1, -0.05) is 6.42 Å². The monoisotopic (exact) mass is 423 g/mol. The van der Waals surface area contributed by atoms with Crippen LogP contribution in [0, 0.1) is 0 Å². The van der Waals surface area contributed by atoms with Crippen LogP contribution < -0.4 is 4.72 Å². The van der Waals surface area contributed by atoms with Gasteiger partial charge in [-0.2, -0.15) is 4.31 Å². The van der Waals surface area contributed by atoms with Crippen LogP contribution in [0.15, 0.2) is 58.6 Å². The molecule has 28 heavy (non-hydrogen) atoms. The lowest BCUT2D eigenvalue weighted by Gasteiger charge is -2.37. The van der Waals surface area contributed by atoms with Gasteiger partial charge in [0.05, 0.1) is 9.79 Å². The molecular formula is C19H25N3O4S2. The van der Waals surface area contributed by atoms with E-state index in [1.165, 1.54) is 24.3 Å². The fraction of sp³-hybridized carbons (Fsp3) is 0.421. The molecule has 0 bridgehead atoms. The maximum atomic E-state index is 13.0. The number of benzene rings is 1. The maximum Gasteiger partial charge on any atom is 0.243 e. The number of pyridine rings is 1. The lowest BCUT2D eigenvalue weighted by atomic mass is 10.0. The Bertz CT molecular complexity index is 997. The molecule has 0 spiro atoms. The number of rotatable bonds is 6. The molecule has 9 heteroatoms. The van der Waals surface area contributed by atoms with E-state index in [0.717, 1.165) is 24.8 Å². The largest absolute Gasteiger partial charge is 0.265 e. The second kappa shape index (κ2) is 8.28. The molecule has 1 N–H and O–H groups in total. The zero-order chi connectivity index (χ0) is 20.4. The SMILES string of the molecule is CC1CCCC(C)N1S(=O)(=O)c1ccc(S(=O)(=O)NCc2ccncc2)cc1. The standard InChI is InChI=1S/C19H25N3O4S2/c1-15-4-3-5-16(2)22(15)28(25,26)19-8-6-18(7-9-19)27(23,24)21-14-17-10-12-20-13-11-17/h6-13,15-16,21H,3-5,14H2,1-2H3. The summed E-state index contributed by atoms with van der Waals surface area (Å²) >= 11 is 0. The molecule has 0 radical (unpaired) electrons. The highest BCUT2D eigenvalue weighted by atomic mass is 32.2. The summed E-state index contributed by atoms with van der Waals surface area (Å²) in [4.78, 5) is 4.03. The van der Waals surface area contributed by atoms with Gasteiger partial charge in [-0.05, 0) is 68.7 Å². The van der Waals surface area contributed by atoms with Crippen LogP contribution >= 0.6 is 0 Å². The van der Waals surface area contributed by atoms with Crippen molar-refractivity contribution in [1.29, 1.82) is 0 Å². The van der Waals surface area contributed by atoms with Crippen molar-refractivity contribution in [2.24, 2.45) is 0 Å². The zero-order valence-corrected chi connectivity index (χ0v) is 17.6. The minimum atomic E-state index is -3.75. The molecule has 2 aromatic rings. The quantitative estimate of drug-likeness (QED) is 0.770. The first-order chi connectivity index (χ1) is 13.2. The lowest BCUT2D eigenvalue weighted by molar-refractivity contribution is 0.204. The molecular weight excluding hydrogens is 398 g/mol. The molecule has 1 aliphatic heterocycles. The number of nitrogens with one attached hydrogen (secondary N) is 1. The molecule has 152 valence electrons. The van der Waals surface area contributed by atoms with Crippen molar-refractivity contribution in [1.82, 2.24) is 14.0 Å². The van der Waals surface area contributed by atoms with Gasteiger partial charge in [0, 0.05) is 31.0 Å². The van der Waals surface area contributed by atoms with Crippen molar-refractivity contribution in [3.63, 3.8) is 0 Å². The van der Waals surface area contributed by atoms with Crippen LogP contribution in [0.2, 0.25) is 0 Å². The molecule has 0 amide bonds. The Morgan fingerprint density at radius 3 is 2.04 bits per heavy atom. The van der Waals surface area contributed by atoms with E-state index in [9.17, 15) is 16.8 Å². The second-order valence-corrected chi connectivity index (χ2v) is 10.7. The van der Waals surface area contributed by atoms with E-state index in [4.69, 9.17) is 0 Å². The van der Waals surface area contributed by atoms with Crippen LogP contribution in [0.5, 0.6) is 0 Å². The van der Waals surface area contributed by atoms with E-state index >= 15 is 0 Å². The molecule has 1 aliphatic rings. The minimum Gasteiger partial charge on any atom is -0.265 e. The van der Waals surface area contributed by atoms with Gasteiger partial charge in [0.1, 0.15) is 0 Å². The van der Waals surface area contributed by atoms with Crippen molar-refractivity contribution in [3.8, 4) is 0 Å². The van der Waals surface area contributed by atoms with Gasteiger partial charge in [0.2, 0.25) is 20.0 Å². The highest BCUT2D eigenvalue weighted by Gasteiger charge is 2.35. The van der Waals surface area contributed by atoms with E-state index in [0.29, 0.717) is 0 Å². The lowest BCUT2D eigenvalue weighted by Crippen LogP contribution is -2.47. The maximum absolute atomic E-state index is 13.0. The number of hydrogen-bond donors (Lipinski definition) is 1. The Morgan fingerprint density at radius 1 is 0.929 bits per heavy atom. The minimum absolute atomic E-state index is 0.0280. The Kier molecular flexibility index (Phi) is 6.18. The van der Waals surface area contributed by atoms with E-state index in [-0.39, 0.29) is 28.4 Å². The summed E-state index contributed by atoms with van der Waals surface area (Å²) in [6.45, 7) is 3.96. The average molecular weight is 424 g/mol. The van der Waals surface area contributed by atoms with Gasteiger partial charge in [-0.25, -0.2) is 21.6 Å². The van der Waals surface area contributed by atoms with Gasteiger partial charge in [0.15, 0.2) is 0 Å². The topological polar surface area (TPSA) is 96.4 Å². The smallest absolute Gasteiger partial charge is 0.243 e. The molecule has 0 aliphatic carbocycles. The number of piperidine rings is 1. The summed E-state index contributed by atoms with van der Waals surface area (Å²) in [6.07, 6.45) is 5.84. The van der Waals surface area contributed by atoms with Crippen LogP contribution in [0.3, 0.4) is 0 Å². The van der Waals surface area contributed by atoms with Crippen LogP contribution in [-0.2, 0) is 26.6 Å². The molecule has 2 heterocycles. The molecule has 2 atom stereocenters. The summed E-state index contributed by atoms with van der Waals surface area (Å²) in [7, 11) is -7.41. The number of sulfonamides is 2. The van der Waals surface area contributed by atoms with Crippen LogP contribution in [-0.4, -0.2) is 38.2 Å². The van der Waals surface area contributed by atoms with Crippen LogP contribution in [0.4, 0.5) is 0 Å². The first kappa shape index (κ1) is 20.9. The Labute approximate surface area is 166 Å². The van der Waals surface area contributed by atoms with Gasteiger partial charge >= 0.3 is 0 Å². The third-order valence-corrected chi connectivity index (χ3v) is 8.60. The second-order valence-electron chi connectivity index (χ2n) is 7.12. The summed E-state index contributed by atoms with van der Waals surface area (Å²) in [6, 6.07) is 8.70. The third-order valence-electron chi connectivity index (χ3n) is 5.04. The summed E-state index contributed by atoms with van der Waals surface area (Å²) in [5.74, 6) is 0. The van der Waals surface area contributed by atoms with Gasteiger partial charge < -0.3 is 0 Å². The van der Waals surface area contributed by atoms with E-state index in [1.807, 2.05) is 13.8 Å². The van der Waals surface area contributed by atoms with Gasteiger partial charge in [0.25, 0.3) is 0 Å². The average Bonchev–Trinajstić information content (AvgIpc) is 2.67. The highest BCUT2D eigenvalue weighted by molar-refractivity contribution is 7.89. The van der Waals surface area contributed by atoms with Crippen molar-refractivity contribution < 1.29 is 16.8 Å². The molecule has 7 nitrogen and oxygen atoms in total. The summed E-state index contributed by atoms with van der Waals surface area (Å²) in [5, 5.41) is 0. The molecule has 0 saturated carbocycles. The van der Waals surface area contributed by atoms with Crippen molar-refractivity contribution in [3.05, 3.63) is 54.4 Å². The molecule has 1 aromatic carbocycles. The Hall–Kier alpha value is -1.81. The predicted molar refractivity (Wildman–Crippen MR) is 107 cm³/mol. The molecule has 1 fully saturated rings. The van der Waals surface area contributed by atoms with Crippen molar-refractivity contribution in [2.75, 3.05) is 0 Å². The normalized spacial score (nSPS) is 21.5. The first-order valence-electron chi connectivity index (χ1n) is 9.24. The molecule has 3 rings (SSSR count). The van der Waals surface area contributed by atoms with Crippen molar-refractivity contribution in [2.45, 2.75) is 61.5 Å². The van der Waals surface area contributed by atoms with Crippen molar-refractivity contribution >= 4 is 20.0 Å². The molecule has 2 unspecified atom stereocenters. The van der Waals surface area contributed by atoms with E-state index in [2.05, 4.69) is 9.71 Å². The molecule has 1 saturated heterocycles.